The minimum Gasteiger partial charge on any atom is -0.493 e. The van der Waals surface area contributed by atoms with Crippen LogP contribution in [0.4, 0.5) is 0 Å². The average Bonchev–Trinajstić information content (AvgIpc) is 3.24. The Balaban J connectivity index is 1.72. The molecule has 3 aromatic rings. The molecule has 3 rings (SSSR count). The highest BCUT2D eigenvalue weighted by atomic mass is 32.1. The molecule has 6 heteroatoms. The fourth-order valence-electron chi connectivity index (χ4n) is 2.56. The number of hydrogen-bond acceptors (Lipinski definition) is 5. The van der Waals surface area contributed by atoms with E-state index in [1.165, 1.54) is 11.3 Å². The molecule has 144 valence electrons. The van der Waals surface area contributed by atoms with Gasteiger partial charge in [0.15, 0.2) is 11.5 Å². The van der Waals surface area contributed by atoms with Crippen LogP contribution in [-0.4, -0.2) is 31.4 Å². The largest absolute Gasteiger partial charge is 0.493 e. The third kappa shape index (κ3) is 5.14. The van der Waals surface area contributed by atoms with Gasteiger partial charge in [0.1, 0.15) is 19.0 Å². The van der Waals surface area contributed by atoms with E-state index in [2.05, 4.69) is 0 Å². The molecule has 0 unspecified atom stereocenters. The van der Waals surface area contributed by atoms with Gasteiger partial charge in [0, 0.05) is 4.88 Å². The Hall–Kier alpha value is -3.25. The molecule has 0 amide bonds. The number of ether oxygens (including phenoxy) is 3. The Kier molecular flexibility index (Phi) is 6.70. The lowest BCUT2D eigenvalue weighted by Crippen LogP contribution is -2.09. The second kappa shape index (κ2) is 9.62. The highest BCUT2D eigenvalue weighted by Gasteiger charge is 2.13. The van der Waals surface area contributed by atoms with Crippen molar-refractivity contribution in [3.05, 3.63) is 76.5 Å². The van der Waals surface area contributed by atoms with Gasteiger partial charge in [-0.1, -0.05) is 30.3 Å². The zero-order valence-electron chi connectivity index (χ0n) is 15.3. The molecule has 1 N–H and O–H groups in total. The van der Waals surface area contributed by atoms with Gasteiger partial charge in [-0.25, -0.2) is 4.79 Å². The molecule has 0 aliphatic carbocycles. The lowest BCUT2D eigenvalue weighted by molar-refractivity contribution is -0.130. The summed E-state index contributed by atoms with van der Waals surface area (Å²) in [5, 5.41) is 11.4. The summed E-state index contributed by atoms with van der Waals surface area (Å²) in [6, 6.07) is 18.4. The van der Waals surface area contributed by atoms with Crippen LogP contribution in [0.5, 0.6) is 17.2 Å². The maximum absolute atomic E-state index is 11.6. The molecule has 0 atom stereocenters. The van der Waals surface area contributed by atoms with Crippen molar-refractivity contribution in [3.8, 4) is 17.2 Å². The van der Waals surface area contributed by atoms with Crippen LogP contribution in [-0.2, 0) is 4.79 Å². The highest BCUT2D eigenvalue weighted by Crippen LogP contribution is 2.30. The molecule has 0 aliphatic rings. The number of methoxy groups -OCH3 is 1. The van der Waals surface area contributed by atoms with E-state index in [9.17, 15) is 9.90 Å². The smallest absolute Gasteiger partial charge is 0.337 e. The quantitative estimate of drug-likeness (QED) is 0.414. The molecule has 0 fully saturated rings. The summed E-state index contributed by atoms with van der Waals surface area (Å²) in [5.41, 5.74) is 0.948. The molecular weight excluding hydrogens is 376 g/mol. The van der Waals surface area contributed by atoms with Crippen LogP contribution < -0.4 is 14.2 Å². The number of benzene rings is 2. The van der Waals surface area contributed by atoms with E-state index in [4.69, 9.17) is 14.2 Å². The fraction of sp³-hybridized carbons (Fsp3) is 0.136. The van der Waals surface area contributed by atoms with Gasteiger partial charge < -0.3 is 19.3 Å². The van der Waals surface area contributed by atoms with Crippen LogP contribution in [0.25, 0.3) is 11.6 Å². The maximum Gasteiger partial charge on any atom is 0.337 e. The van der Waals surface area contributed by atoms with E-state index < -0.39 is 5.97 Å². The summed E-state index contributed by atoms with van der Waals surface area (Å²) in [6.45, 7) is 0.706. The van der Waals surface area contributed by atoms with Crippen molar-refractivity contribution in [2.45, 2.75) is 0 Å². The zero-order valence-corrected chi connectivity index (χ0v) is 16.1. The van der Waals surface area contributed by atoms with Crippen molar-refractivity contribution in [1.82, 2.24) is 0 Å². The minimum atomic E-state index is -0.975. The number of aliphatic carboxylic acids is 1. The first-order chi connectivity index (χ1) is 13.7. The molecule has 28 heavy (non-hydrogen) atoms. The van der Waals surface area contributed by atoms with Crippen LogP contribution >= 0.6 is 11.3 Å². The summed E-state index contributed by atoms with van der Waals surface area (Å²) in [7, 11) is 1.56. The first-order valence-corrected chi connectivity index (χ1v) is 9.53. The first-order valence-electron chi connectivity index (χ1n) is 8.65. The SMILES string of the molecule is COc1ccc(/C=C(\C(=O)O)c2cccs2)cc1OCCOc1ccccc1. The van der Waals surface area contributed by atoms with Crippen molar-refractivity contribution in [1.29, 1.82) is 0 Å². The number of carboxylic acid groups (broad SMARTS) is 1. The molecule has 0 spiro atoms. The van der Waals surface area contributed by atoms with Gasteiger partial charge in [0.2, 0.25) is 0 Å². The topological polar surface area (TPSA) is 65.0 Å². The highest BCUT2D eigenvalue weighted by molar-refractivity contribution is 7.11. The number of hydrogen-bond donors (Lipinski definition) is 1. The van der Waals surface area contributed by atoms with Crippen LogP contribution in [0.1, 0.15) is 10.4 Å². The van der Waals surface area contributed by atoms with Gasteiger partial charge >= 0.3 is 5.97 Å². The number of thiophene rings is 1. The number of carboxylic acids is 1. The lowest BCUT2D eigenvalue weighted by Gasteiger charge is -2.12. The molecule has 0 saturated heterocycles. The van der Waals surface area contributed by atoms with Crippen LogP contribution in [0.3, 0.4) is 0 Å². The van der Waals surface area contributed by atoms with Crippen LogP contribution in [0.15, 0.2) is 66.0 Å². The van der Waals surface area contributed by atoms with E-state index in [0.717, 1.165) is 5.75 Å². The molecule has 0 bridgehead atoms. The van der Waals surface area contributed by atoms with Gasteiger partial charge in [-0.2, -0.15) is 0 Å². The summed E-state index contributed by atoms with van der Waals surface area (Å²) in [6.07, 6.45) is 1.63. The summed E-state index contributed by atoms with van der Waals surface area (Å²) in [4.78, 5) is 12.3. The Labute approximate surface area is 167 Å². The van der Waals surface area contributed by atoms with Crippen LogP contribution in [0, 0.1) is 0 Å². The Bertz CT molecular complexity index is 933. The third-order valence-electron chi connectivity index (χ3n) is 3.87. The average molecular weight is 396 g/mol. The van der Waals surface area contributed by atoms with Crippen LogP contribution in [0.2, 0.25) is 0 Å². The monoisotopic (exact) mass is 396 g/mol. The van der Waals surface area contributed by atoms with E-state index in [-0.39, 0.29) is 5.57 Å². The molecule has 1 aromatic heterocycles. The van der Waals surface area contributed by atoms with Crippen molar-refractivity contribution in [2.75, 3.05) is 20.3 Å². The molecule has 2 aromatic carbocycles. The predicted octanol–water partition coefficient (Wildman–Crippen LogP) is 4.84. The first kappa shape index (κ1) is 19.5. The molecule has 0 radical (unpaired) electrons. The van der Waals surface area contributed by atoms with Crippen molar-refractivity contribution in [2.24, 2.45) is 0 Å². The standard InChI is InChI=1S/C22H20O5S/c1-25-19-10-9-16(14-18(22(23)24)21-8-5-13-28-21)15-20(19)27-12-11-26-17-6-3-2-4-7-17/h2-10,13-15H,11-12H2,1H3,(H,23,24)/b18-14-. The second-order valence-electron chi connectivity index (χ2n) is 5.76. The zero-order chi connectivity index (χ0) is 19.8. The van der Waals surface area contributed by atoms with Gasteiger partial charge in [-0.3, -0.25) is 0 Å². The summed E-state index contributed by atoms with van der Waals surface area (Å²) >= 11 is 1.38. The van der Waals surface area contributed by atoms with Gasteiger partial charge in [-0.05, 0) is 47.4 Å². The van der Waals surface area contributed by atoms with Gasteiger partial charge in [0.05, 0.1) is 12.7 Å². The molecule has 0 saturated carbocycles. The number of para-hydroxylation sites is 1. The Morgan fingerprint density at radius 1 is 1.00 bits per heavy atom. The van der Waals surface area contributed by atoms with Gasteiger partial charge in [0.25, 0.3) is 0 Å². The van der Waals surface area contributed by atoms with E-state index >= 15 is 0 Å². The van der Waals surface area contributed by atoms with E-state index in [0.29, 0.717) is 35.2 Å². The van der Waals surface area contributed by atoms with Crippen molar-refractivity contribution >= 4 is 29.0 Å². The number of rotatable bonds is 9. The third-order valence-corrected chi connectivity index (χ3v) is 4.77. The van der Waals surface area contributed by atoms with Crippen molar-refractivity contribution in [3.63, 3.8) is 0 Å². The van der Waals surface area contributed by atoms with E-state index in [1.54, 1.807) is 37.5 Å². The second-order valence-corrected chi connectivity index (χ2v) is 6.71. The summed E-state index contributed by atoms with van der Waals surface area (Å²) < 4.78 is 16.8. The minimum absolute atomic E-state index is 0.235. The fourth-order valence-corrected chi connectivity index (χ4v) is 3.29. The van der Waals surface area contributed by atoms with Gasteiger partial charge in [-0.15, -0.1) is 11.3 Å². The number of carbonyl (C=O) groups is 1. The van der Waals surface area contributed by atoms with E-state index in [1.807, 2.05) is 41.8 Å². The molecular formula is C22H20O5S. The summed E-state index contributed by atoms with van der Waals surface area (Å²) in [5.74, 6) is 0.905. The molecule has 5 nitrogen and oxygen atoms in total. The predicted molar refractivity (Wildman–Crippen MR) is 110 cm³/mol. The Morgan fingerprint density at radius 3 is 2.46 bits per heavy atom. The normalized spacial score (nSPS) is 11.1. The molecule has 1 heterocycles. The molecule has 0 aliphatic heterocycles. The maximum atomic E-state index is 11.6. The Morgan fingerprint density at radius 2 is 1.79 bits per heavy atom. The van der Waals surface area contributed by atoms with Crippen molar-refractivity contribution < 1.29 is 24.1 Å². The lowest BCUT2D eigenvalue weighted by atomic mass is 10.1.